The van der Waals surface area contributed by atoms with Crippen molar-refractivity contribution >= 4 is 44.5 Å². The minimum absolute atomic E-state index is 0.0210. The number of anilines is 2. The molecule has 0 aliphatic carbocycles. The van der Waals surface area contributed by atoms with Crippen LogP contribution in [0.4, 0.5) is 11.6 Å². The van der Waals surface area contributed by atoms with Crippen LogP contribution < -0.4 is 15.4 Å². The summed E-state index contributed by atoms with van der Waals surface area (Å²) < 4.78 is 6.52. The standard InChI is InChI=1S/C21H15BrN6O2/c1-28-17(29)9-30-16-6-12(8-24-21(16)28)15-7-14(11-3-2-4-13(22)5-11)18-19(23)25-10-26-20(18)27-15/h2-8,10H,9H2,1H3,(H2,23,25,26,27). The van der Waals surface area contributed by atoms with Gasteiger partial charge in [-0.25, -0.2) is 19.9 Å². The third-order valence-electron chi connectivity index (χ3n) is 4.94. The van der Waals surface area contributed by atoms with Gasteiger partial charge in [-0.15, -0.1) is 0 Å². The van der Waals surface area contributed by atoms with Crippen LogP contribution in [0.15, 0.2) is 53.4 Å². The van der Waals surface area contributed by atoms with Crippen LogP contribution in [0, 0.1) is 0 Å². The largest absolute Gasteiger partial charge is 0.480 e. The lowest BCUT2D eigenvalue weighted by molar-refractivity contribution is -0.121. The molecule has 1 aliphatic rings. The quantitative estimate of drug-likeness (QED) is 0.485. The van der Waals surface area contributed by atoms with Gasteiger partial charge in [0.25, 0.3) is 5.91 Å². The van der Waals surface area contributed by atoms with E-state index in [1.807, 2.05) is 36.4 Å². The highest BCUT2D eigenvalue weighted by molar-refractivity contribution is 9.10. The van der Waals surface area contributed by atoms with E-state index in [-0.39, 0.29) is 12.5 Å². The number of hydrogen-bond acceptors (Lipinski definition) is 7. The first-order valence-electron chi connectivity index (χ1n) is 9.08. The molecule has 1 aliphatic heterocycles. The lowest BCUT2D eigenvalue weighted by Gasteiger charge is -2.24. The Labute approximate surface area is 179 Å². The molecule has 4 heterocycles. The van der Waals surface area contributed by atoms with E-state index < -0.39 is 0 Å². The number of ether oxygens (including phenoxy) is 1. The first-order valence-corrected chi connectivity index (χ1v) is 9.87. The van der Waals surface area contributed by atoms with Gasteiger partial charge in [-0.05, 0) is 35.4 Å². The summed E-state index contributed by atoms with van der Waals surface area (Å²) >= 11 is 3.52. The van der Waals surface area contributed by atoms with Crippen molar-refractivity contribution in [2.24, 2.45) is 0 Å². The first kappa shape index (κ1) is 18.4. The SMILES string of the molecule is CN1C(=O)COc2cc(-c3cc(-c4cccc(Br)c4)c4c(N)ncnc4n3)cnc21. The number of carbonyl (C=O) groups excluding carboxylic acids is 1. The zero-order valence-electron chi connectivity index (χ0n) is 15.8. The highest BCUT2D eigenvalue weighted by Gasteiger charge is 2.24. The van der Waals surface area contributed by atoms with E-state index in [2.05, 4.69) is 35.9 Å². The Balaban J connectivity index is 1.73. The number of hydrogen-bond donors (Lipinski definition) is 1. The molecule has 30 heavy (non-hydrogen) atoms. The number of aromatic nitrogens is 4. The molecule has 2 N–H and O–H groups in total. The van der Waals surface area contributed by atoms with Crippen LogP contribution in [0.25, 0.3) is 33.4 Å². The lowest BCUT2D eigenvalue weighted by atomic mass is 10.00. The maximum Gasteiger partial charge on any atom is 0.265 e. The van der Waals surface area contributed by atoms with Gasteiger partial charge < -0.3 is 10.5 Å². The number of amides is 1. The third-order valence-corrected chi connectivity index (χ3v) is 5.43. The molecule has 148 valence electrons. The zero-order chi connectivity index (χ0) is 20.8. The average molecular weight is 463 g/mol. The fourth-order valence-corrected chi connectivity index (χ4v) is 3.81. The number of nitrogen functional groups attached to an aromatic ring is 1. The van der Waals surface area contributed by atoms with Gasteiger partial charge in [-0.3, -0.25) is 9.69 Å². The summed E-state index contributed by atoms with van der Waals surface area (Å²) in [7, 11) is 1.68. The number of benzene rings is 1. The zero-order valence-corrected chi connectivity index (χ0v) is 17.4. The second kappa shape index (κ2) is 7.03. The molecule has 4 aromatic rings. The minimum atomic E-state index is -0.143. The van der Waals surface area contributed by atoms with Crippen molar-refractivity contribution < 1.29 is 9.53 Å². The Kier molecular flexibility index (Phi) is 4.32. The van der Waals surface area contributed by atoms with E-state index in [0.717, 1.165) is 21.2 Å². The predicted molar refractivity (Wildman–Crippen MR) is 117 cm³/mol. The molecule has 0 saturated carbocycles. The summed E-state index contributed by atoms with van der Waals surface area (Å²) in [5.74, 6) is 1.23. The van der Waals surface area contributed by atoms with E-state index in [0.29, 0.717) is 34.1 Å². The van der Waals surface area contributed by atoms with Crippen LogP contribution in [0.1, 0.15) is 0 Å². The Hall–Kier alpha value is -3.59. The summed E-state index contributed by atoms with van der Waals surface area (Å²) in [4.78, 5) is 30.9. The summed E-state index contributed by atoms with van der Waals surface area (Å²) in [5.41, 5.74) is 9.87. The van der Waals surface area contributed by atoms with Gasteiger partial charge in [-0.1, -0.05) is 28.1 Å². The molecule has 5 rings (SSSR count). The molecular weight excluding hydrogens is 448 g/mol. The lowest BCUT2D eigenvalue weighted by Crippen LogP contribution is -2.36. The predicted octanol–water partition coefficient (Wildman–Crippen LogP) is 3.45. The monoisotopic (exact) mass is 462 g/mol. The van der Waals surface area contributed by atoms with Gasteiger partial charge in [-0.2, -0.15) is 0 Å². The fraction of sp³-hybridized carbons (Fsp3) is 0.0952. The molecule has 0 bridgehead atoms. The summed E-state index contributed by atoms with van der Waals surface area (Å²) in [6.45, 7) is -0.0210. The molecule has 9 heteroatoms. The van der Waals surface area contributed by atoms with Gasteiger partial charge in [0.15, 0.2) is 23.8 Å². The minimum Gasteiger partial charge on any atom is -0.480 e. The van der Waals surface area contributed by atoms with Crippen molar-refractivity contribution in [2.45, 2.75) is 0 Å². The highest BCUT2D eigenvalue weighted by atomic mass is 79.9. The van der Waals surface area contributed by atoms with Crippen LogP contribution in [0.5, 0.6) is 5.75 Å². The maximum atomic E-state index is 11.8. The Bertz CT molecular complexity index is 1330. The van der Waals surface area contributed by atoms with Crippen LogP contribution in [0.3, 0.4) is 0 Å². The Morgan fingerprint density at radius 3 is 2.83 bits per heavy atom. The van der Waals surface area contributed by atoms with Gasteiger partial charge in [0.1, 0.15) is 12.1 Å². The fourth-order valence-electron chi connectivity index (χ4n) is 3.41. The van der Waals surface area contributed by atoms with E-state index in [4.69, 9.17) is 10.5 Å². The van der Waals surface area contributed by atoms with E-state index in [1.54, 1.807) is 13.2 Å². The van der Waals surface area contributed by atoms with Gasteiger partial charge in [0.2, 0.25) is 0 Å². The molecule has 0 fully saturated rings. The van der Waals surface area contributed by atoms with Crippen molar-refractivity contribution in [2.75, 3.05) is 24.3 Å². The van der Waals surface area contributed by atoms with Crippen LogP contribution >= 0.6 is 15.9 Å². The topological polar surface area (TPSA) is 107 Å². The Morgan fingerprint density at radius 2 is 2.00 bits per heavy atom. The van der Waals surface area contributed by atoms with Crippen LogP contribution in [-0.2, 0) is 4.79 Å². The van der Waals surface area contributed by atoms with E-state index >= 15 is 0 Å². The number of nitrogens with two attached hydrogens (primary N) is 1. The molecule has 8 nitrogen and oxygen atoms in total. The average Bonchev–Trinajstić information content (AvgIpc) is 2.75. The van der Waals surface area contributed by atoms with Crippen molar-refractivity contribution in [3.63, 3.8) is 0 Å². The summed E-state index contributed by atoms with van der Waals surface area (Å²) in [5, 5.41) is 0.687. The maximum absolute atomic E-state index is 11.8. The van der Waals surface area contributed by atoms with Crippen molar-refractivity contribution in [1.82, 2.24) is 19.9 Å². The number of carbonyl (C=O) groups is 1. The number of likely N-dealkylation sites (N-methyl/N-ethyl adjacent to an activating group) is 1. The second-order valence-electron chi connectivity index (χ2n) is 6.81. The van der Waals surface area contributed by atoms with E-state index in [9.17, 15) is 4.79 Å². The molecule has 0 saturated heterocycles. The molecule has 0 atom stereocenters. The van der Waals surface area contributed by atoms with Gasteiger partial charge in [0.05, 0.1) is 11.1 Å². The molecule has 1 amide bonds. The second-order valence-corrected chi connectivity index (χ2v) is 7.73. The molecule has 1 aromatic carbocycles. The van der Waals surface area contributed by atoms with Crippen LogP contribution in [0.2, 0.25) is 0 Å². The van der Waals surface area contributed by atoms with Gasteiger partial charge in [0, 0.05) is 23.3 Å². The van der Waals surface area contributed by atoms with Crippen LogP contribution in [-0.4, -0.2) is 39.5 Å². The van der Waals surface area contributed by atoms with Crippen molar-refractivity contribution in [3.05, 3.63) is 53.4 Å². The summed E-state index contributed by atoms with van der Waals surface area (Å²) in [6.07, 6.45) is 3.06. The number of nitrogens with zero attached hydrogens (tertiary/aromatic N) is 5. The summed E-state index contributed by atoms with van der Waals surface area (Å²) in [6, 6.07) is 11.7. The van der Waals surface area contributed by atoms with E-state index in [1.165, 1.54) is 11.2 Å². The third kappa shape index (κ3) is 3.03. The van der Waals surface area contributed by atoms with Crippen molar-refractivity contribution in [3.8, 4) is 28.1 Å². The number of pyridine rings is 2. The molecule has 0 radical (unpaired) electrons. The van der Waals surface area contributed by atoms with Gasteiger partial charge >= 0.3 is 0 Å². The molecule has 0 spiro atoms. The number of halogens is 1. The first-order chi connectivity index (χ1) is 14.5. The highest BCUT2D eigenvalue weighted by Crippen LogP contribution is 2.37. The smallest absolute Gasteiger partial charge is 0.265 e. The molecular formula is C21H15BrN6O2. The molecule has 0 unspecified atom stereocenters. The number of fused-ring (bicyclic) bond motifs is 2. The Morgan fingerprint density at radius 1 is 1.13 bits per heavy atom. The van der Waals surface area contributed by atoms with Crippen molar-refractivity contribution in [1.29, 1.82) is 0 Å². The molecule has 3 aromatic heterocycles. The normalized spacial score (nSPS) is 13.3. The number of rotatable bonds is 2.